The molecule has 4 heterocycles. The van der Waals surface area contributed by atoms with Gasteiger partial charge in [-0.1, -0.05) is 29.8 Å². The largest absolute Gasteiger partial charge is 0.382 e. The average Bonchev–Trinajstić information content (AvgIpc) is 3.23. The maximum atomic E-state index is 13.0. The molecule has 5 rings (SSSR count). The molecule has 0 aliphatic carbocycles. The zero-order valence-corrected chi connectivity index (χ0v) is 18.2. The standard InChI is InChI=1S/C23H19N7OS/c1-12-6-7-15-14(10-12)11-18(27-17-5-3-4-13(2)25-17)28-21(15)30-23(31)22-26-16-8-9-32-19(16)20(24)29-22/h3-11H,1-2H3,(H2,24,26,29)(H2,25,27,28,30,31). The Morgan fingerprint density at radius 1 is 0.969 bits per heavy atom. The molecule has 4 N–H and O–H groups in total. The van der Waals surface area contributed by atoms with Gasteiger partial charge in [-0.2, -0.15) is 0 Å². The van der Waals surface area contributed by atoms with Crippen LogP contribution < -0.4 is 16.4 Å². The third-order valence-electron chi connectivity index (χ3n) is 4.90. The zero-order valence-electron chi connectivity index (χ0n) is 17.4. The summed E-state index contributed by atoms with van der Waals surface area (Å²) < 4.78 is 0.762. The van der Waals surface area contributed by atoms with Crippen LogP contribution in [0.3, 0.4) is 0 Å². The van der Waals surface area contributed by atoms with E-state index in [9.17, 15) is 4.79 Å². The summed E-state index contributed by atoms with van der Waals surface area (Å²) >= 11 is 1.44. The van der Waals surface area contributed by atoms with E-state index in [-0.39, 0.29) is 11.6 Å². The van der Waals surface area contributed by atoms with Gasteiger partial charge >= 0.3 is 0 Å². The summed E-state index contributed by atoms with van der Waals surface area (Å²) in [5, 5.41) is 9.67. The molecule has 0 fully saturated rings. The van der Waals surface area contributed by atoms with E-state index >= 15 is 0 Å². The molecule has 8 nitrogen and oxygen atoms in total. The average molecular weight is 442 g/mol. The molecule has 32 heavy (non-hydrogen) atoms. The van der Waals surface area contributed by atoms with E-state index in [1.165, 1.54) is 11.3 Å². The highest BCUT2D eigenvalue weighted by atomic mass is 32.1. The van der Waals surface area contributed by atoms with Crippen LogP contribution in [0.4, 0.5) is 23.3 Å². The third-order valence-corrected chi connectivity index (χ3v) is 5.82. The van der Waals surface area contributed by atoms with E-state index in [0.717, 1.165) is 26.7 Å². The number of nitrogens with zero attached hydrogens (tertiary/aromatic N) is 4. The lowest BCUT2D eigenvalue weighted by molar-refractivity contribution is 0.101. The number of pyridine rings is 2. The Balaban J connectivity index is 1.54. The summed E-state index contributed by atoms with van der Waals surface area (Å²) in [6.45, 7) is 3.93. The number of hydrogen-bond acceptors (Lipinski definition) is 8. The number of nitrogens with one attached hydrogen (secondary N) is 2. The first kappa shape index (κ1) is 19.8. The maximum Gasteiger partial charge on any atom is 0.294 e. The van der Waals surface area contributed by atoms with Crippen molar-refractivity contribution < 1.29 is 4.79 Å². The van der Waals surface area contributed by atoms with Gasteiger partial charge in [0.15, 0.2) is 0 Å². The molecule has 0 atom stereocenters. The molecular formula is C23H19N7OS. The molecule has 0 aliphatic rings. The smallest absolute Gasteiger partial charge is 0.294 e. The first-order valence-corrected chi connectivity index (χ1v) is 10.8. The fourth-order valence-electron chi connectivity index (χ4n) is 3.43. The lowest BCUT2D eigenvalue weighted by Crippen LogP contribution is -2.17. The molecular weight excluding hydrogens is 422 g/mol. The Morgan fingerprint density at radius 2 is 1.84 bits per heavy atom. The molecule has 0 saturated heterocycles. The summed E-state index contributed by atoms with van der Waals surface area (Å²) in [4.78, 5) is 30.6. The van der Waals surface area contributed by atoms with Gasteiger partial charge in [-0.25, -0.2) is 19.9 Å². The molecule has 158 valence electrons. The Morgan fingerprint density at radius 3 is 2.69 bits per heavy atom. The number of aryl methyl sites for hydroxylation is 2. The highest BCUT2D eigenvalue weighted by Gasteiger charge is 2.17. The molecule has 0 spiro atoms. The number of amides is 1. The van der Waals surface area contributed by atoms with Crippen molar-refractivity contribution in [2.75, 3.05) is 16.4 Å². The van der Waals surface area contributed by atoms with Crippen molar-refractivity contribution >= 4 is 61.5 Å². The normalized spacial score (nSPS) is 11.1. The fourth-order valence-corrected chi connectivity index (χ4v) is 4.17. The van der Waals surface area contributed by atoms with Gasteiger partial charge in [0, 0.05) is 11.1 Å². The predicted octanol–water partition coefficient (Wildman–Crippen LogP) is 4.83. The summed E-state index contributed by atoms with van der Waals surface area (Å²) in [6, 6.07) is 15.4. The first-order chi connectivity index (χ1) is 15.5. The predicted molar refractivity (Wildman–Crippen MR) is 129 cm³/mol. The van der Waals surface area contributed by atoms with Crippen LogP contribution >= 0.6 is 11.3 Å². The van der Waals surface area contributed by atoms with Gasteiger partial charge in [0.25, 0.3) is 5.91 Å². The highest BCUT2D eigenvalue weighted by molar-refractivity contribution is 7.17. The second-order valence-corrected chi connectivity index (χ2v) is 8.31. The van der Waals surface area contributed by atoms with Gasteiger partial charge < -0.3 is 16.4 Å². The zero-order chi connectivity index (χ0) is 22.2. The molecule has 0 saturated carbocycles. The minimum Gasteiger partial charge on any atom is -0.382 e. The van der Waals surface area contributed by atoms with Gasteiger partial charge in [-0.3, -0.25) is 4.79 Å². The number of aromatic nitrogens is 4. The quantitative estimate of drug-likeness (QED) is 0.365. The number of rotatable bonds is 4. The molecule has 0 bridgehead atoms. The molecule has 0 radical (unpaired) electrons. The number of benzene rings is 1. The number of thiophene rings is 1. The van der Waals surface area contributed by atoms with Crippen molar-refractivity contribution in [1.29, 1.82) is 0 Å². The van der Waals surface area contributed by atoms with Crippen molar-refractivity contribution in [3.63, 3.8) is 0 Å². The Labute approximate surface area is 187 Å². The number of nitrogens with two attached hydrogens (primary N) is 1. The summed E-state index contributed by atoms with van der Waals surface area (Å²) in [5.41, 5.74) is 8.63. The Kier molecular flexibility index (Phi) is 4.87. The first-order valence-electron chi connectivity index (χ1n) is 9.90. The number of carbonyl (C=O) groups excluding carboxylic acids is 1. The molecule has 1 aromatic carbocycles. The third kappa shape index (κ3) is 3.81. The van der Waals surface area contributed by atoms with Gasteiger partial charge in [-0.05, 0) is 48.9 Å². The molecule has 0 unspecified atom stereocenters. The van der Waals surface area contributed by atoms with Crippen LogP contribution in [0.15, 0.2) is 53.9 Å². The second-order valence-electron chi connectivity index (χ2n) is 7.39. The minimum absolute atomic E-state index is 0.00539. The van der Waals surface area contributed by atoms with Crippen LogP contribution in [0, 0.1) is 13.8 Å². The monoisotopic (exact) mass is 441 g/mol. The summed E-state index contributed by atoms with van der Waals surface area (Å²) in [5.74, 6) is 1.42. The van der Waals surface area contributed by atoms with Crippen LogP contribution in [0.5, 0.6) is 0 Å². The second kappa shape index (κ2) is 7.86. The van der Waals surface area contributed by atoms with Crippen molar-refractivity contribution in [2.24, 2.45) is 0 Å². The van der Waals surface area contributed by atoms with Crippen molar-refractivity contribution in [3.05, 3.63) is 71.0 Å². The van der Waals surface area contributed by atoms with Gasteiger partial charge in [-0.15, -0.1) is 11.3 Å². The fraction of sp³-hybridized carbons (Fsp3) is 0.0870. The number of hydrogen-bond donors (Lipinski definition) is 3. The maximum absolute atomic E-state index is 13.0. The molecule has 1 amide bonds. The van der Waals surface area contributed by atoms with Crippen LogP contribution in [-0.4, -0.2) is 25.8 Å². The number of nitrogen functional groups attached to an aromatic ring is 1. The molecule has 4 aromatic heterocycles. The lowest BCUT2D eigenvalue weighted by Gasteiger charge is -2.12. The number of anilines is 4. The van der Waals surface area contributed by atoms with Crippen LogP contribution in [0.1, 0.15) is 21.9 Å². The van der Waals surface area contributed by atoms with Crippen molar-refractivity contribution in [2.45, 2.75) is 13.8 Å². The molecule has 9 heteroatoms. The summed E-state index contributed by atoms with van der Waals surface area (Å²) in [6.07, 6.45) is 0. The Bertz CT molecular complexity index is 1500. The lowest BCUT2D eigenvalue weighted by atomic mass is 10.1. The van der Waals surface area contributed by atoms with E-state index in [4.69, 9.17) is 5.73 Å². The number of fused-ring (bicyclic) bond motifs is 2. The van der Waals surface area contributed by atoms with E-state index in [1.54, 1.807) is 0 Å². The van der Waals surface area contributed by atoms with E-state index in [0.29, 0.717) is 23.0 Å². The van der Waals surface area contributed by atoms with Crippen LogP contribution in [0.25, 0.3) is 21.0 Å². The topological polar surface area (TPSA) is 119 Å². The van der Waals surface area contributed by atoms with E-state index in [1.807, 2.05) is 67.8 Å². The van der Waals surface area contributed by atoms with Gasteiger partial charge in [0.05, 0.1) is 10.2 Å². The van der Waals surface area contributed by atoms with Crippen LogP contribution in [-0.2, 0) is 0 Å². The highest BCUT2D eigenvalue weighted by Crippen LogP contribution is 2.28. The SMILES string of the molecule is Cc1ccc2c(NC(=O)c3nc(N)c4sccc4n3)nc(Nc3cccc(C)n3)cc2c1. The molecule has 5 aromatic rings. The van der Waals surface area contributed by atoms with E-state index < -0.39 is 5.91 Å². The Hall–Kier alpha value is -4.11. The minimum atomic E-state index is -0.481. The summed E-state index contributed by atoms with van der Waals surface area (Å²) in [7, 11) is 0. The number of carbonyl (C=O) groups is 1. The van der Waals surface area contributed by atoms with Gasteiger partial charge in [0.1, 0.15) is 23.3 Å². The van der Waals surface area contributed by atoms with E-state index in [2.05, 4.69) is 30.6 Å². The van der Waals surface area contributed by atoms with Crippen LogP contribution in [0.2, 0.25) is 0 Å². The van der Waals surface area contributed by atoms with Crippen molar-refractivity contribution in [3.8, 4) is 0 Å². The molecule has 0 aliphatic heterocycles. The van der Waals surface area contributed by atoms with Gasteiger partial charge in [0.2, 0.25) is 5.82 Å². The van der Waals surface area contributed by atoms with Crippen molar-refractivity contribution in [1.82, 2.24) is 19.9 Å².